The lowest BCUT2D eigenvalue weighted by Crippen LogP contribution is -2.50. The average Bonchev–Trinajstić information content (AvgIpc) is 3.00. The number of morpholine rings is 1. The summed E-state index contributed by atoms with van der Waals surface area (Å²) in [6.45, 7) is 7.16. The molecule has 0 N–H and O–H groups in total. The molecule has 4 nitrogen and oxygen atoms in total. The molecule has 3 atom stereocenters. The van der Waals surface area contributed by atoms with E-state index in [2.05, 4.69) is 40.1 Å². The first kappa shape index (κ1) is 15.6. The van der Waals surface area contributed by atoms with E-state index in [9.17, 15) is 0 Å². The van der Waals surface area contributed by atoms with Gasteiger partial charge in [-0.1, -0.05) is 30.3 Å². The highest BCUT2D eigenvalue weighted by Gasteiger charge is 2.40. The van der Waals surface area contributed by atoms with Crippen LogP contribution in [0.3, 0.4) is 0 Å². The maximum absolute atomic E-state index is 6.07. The van der Waals surface area contributed by atoms with Crippen molar-refractivity contribution in [1.82, 2.24) is 9.80 Å². The molecule has 4 rings (SSSR count). The smallest absolute Gasteiger partial charge is 0.0870 e. The van der Waals surface area contributed by atoms with Gasteiger partial charge in [-0.3, -0.25) is 9.80 Å². The van der Waals surface area contributed by atoms with Crippen LogP contribution in [0.4, 0.5) is 0 Å². The first-order valence-corrected chi connectivity index (χ1v) is 9.12. The van der Waals surface area contributed by atoms with E-state index < -0.39 is 0 Å². The van der Waals surface area contributed by atoms with Crippen LogP contribution >= 0.6 is 0 Å². The zero-order valence-corrected chi connectivity index (χ0v) is 13.9. The molecule has 0 bridgehead atoms. The molecule has 3 heterocycles. The summed E-state index contributed by atoms with van der Waals surface area (Å²) < 4.78 is 12.0. The van der Waals surface area contributed by atoms with Gasteiger partial charge >= 0.3 is 0 Å². The van der Waals surface area contributed by atoms with Gasteiger partial charge in [0.25, 0.3) is 0 Å². The van der Waals surface area contributed by atoms with Gasteiger partial charge in [0.15, 0.2) is 0 Å². The second-order valence-electron chi connectivity index (χ2n) is 7.14. The monoisotopic (exact) mass is 316 g/mol. The predicted molar refractivity (Wildman–Crippen MR) is 90.4 cm³/mol. The summed E-state index contributed by atoms with van der Waals surface area (Å²) in [5.74, 6) is 0. The molecule has 23 heavy (non-hydrogen) atoms. The molecule has 0 radical (unpaired) electrons. The maximum Gasteiger partial charge on any atom is 0.0870 e. The van der Waals surface area contributed by atoms with Crippen LogP contribution in [0.2, 0.25) is 0 Å². The lowest BCUT2D eigenvalue weighted by Gasteiger charge is -2.37. The van der Waals surface area contributed by atoms with Crippen LogP contribution in [0.25, 0.3) is 0 Å². The van der Waals surface area contributed by atoms with Crippen LogP contribution in [-0.2, 0) is 16.0 Å². The SMILES string of the molecule is c1ccc(CN2CCOC3CN(CC4CCCCO4)CC32)cc1. The minimum Gasteiger partial charge on any atom is -0.377 e. The van der Waals surface area contributed by atoms with Crippen LogP contribution in [0.5, 0.6) is 0 Å². The third kappa shape index (κ3) is 3.77. The number of likely N-dealkylation sites (tertiary alicyclic amines) is 1. The van der Waals surface area contributed by atoms with Crippen molar-refractivity contribution in [3.8, 4) is 0 Å². The fourth-order valence-corrected chi connectivity index (χ4v) is 4.24. The van der Waals surface area contributed by atoms with Gasteiger partial charge in [-0.2, -0.15) is 0 Å². The molecule has 0 saturated carbocycles. The lowest BCUT2D eigenvalue weighted by molar-refractivity contribution is -0.0508. The zero-order chi connectivity index (χ0) is 15.5. The molecule has 3 aliphatic heterocycles. The van der Waals surface area contributed by atoms with Gasteiger partial charge in [-0.15, -0.1) is 0 Å². The van der Waals surface area contributed by atoms with Crippen LogP contribution in [-0.4, -0.2) is 67.4 Å². The van der Waals surface area contributed by atoms with Crippen molar-refractivity contribution in [1.29, 1.82) is 0 Å². The van der Waals surface area contributed by atoms with Crippen molar-refractivity contribution in [2.45, 2.75) is 44.1 Å². The Morgan fingerprint density at radius 3 is 2.74 bits per heavy atom. The summed E-state index contributed by atoms with van der Waals surface area (Å²) in [5.41, 5.74) is 1.40. The Morgan fingerprint density at radius 2 is 1.91 bits per heavy atom. The molecule has 3 unspecified atom stereocenters. The van der Waals surface area contributed by atoms with E-state index in [-0.39, 0.29) is 0 Å². The molecule has 3 aliphatic rings. The summed E-state index contributed by atoms with van der Waals surface area (Å²) >= 11 is 0. The minimum atomic E-state index is 0.371. The van der Waals surface area contributed by atoms with Crippen molar-refractivity contribution >= 4 is 0 Å². The summed E-state index contributed by atoms with van der Waals surface area (Å²) in [7, 11) is 0. The minimum absolute atomic E-state index is 0.371. The Morgan fingerprint density at radius 1 is 1.00 bits per heavy atom. The van der Waals surface area contributed by atoms with Crippen molar-refractivity contribution in [3.63, 3.8) is 0 Å². The highest BCUT2D eigenvalue weighted by atomic mass is 16.5. The molecule has 0 aliphatic carbocycles. The Hall–Kier alpha value is -0.940. The molecular weight excluding hydrogens is 288 g/mol. The van der Waals surface area contributed by atoms with Crippen molar-refractivity contribution in [2.75, 3.05) is 39.4 Å². The fraction of sp³-hybridized carbons (Fsp3) is 0.684. The zero-order valence-electron chi connectivity index (χ0n) is 13.9. The van der Waals surface area contributed by atoms with E-state index in [4.69, 9.17) is 9.47 Å². The highest BCUT2D eigenvalue weighted by Crippen LogP contribution is 2.26. The number of hydrogen-bond acceptors (Lipinski definition) is 4. The molecule has 1 aromatic carbocycles. The van der Waals surface area contributed by atoms with Crippen LogP contribution in [0.1, 0.15) is 24.8 Å². The Labute approximate surface area is 139 Å². The van der Waals surface area contributed by atoms with Gasteiger partial charge in [0, 0.05) is 39.3 Å². The fourth-order valence-electron chi connectivity index (χ4n) is 4.24. The Balaban J connectivity index is 1.36. The third-order valence-corrected chi connectivity index (χ3v) is 5.46. The Bertz CT molecular complexity index is 489. The van der Waals surface area contributed by atoms with E-state index in [0.717, 1.165) is 45.9 Å². The van der Waals surface area contributed by atoms with Gasteiger partial charge in [-0.25, -0.2) is 0 Å². The first-order valence-electron chi connectivity index (χ1n) is 9.12. The number of ether oxygens (including phenoxy) is 2. The summed E-state index contributed by atoms with van der Waals surface area (Å²) in [6.07, 6.45) is 4.58. The standard InChI is InChI=1S/C19H28N2O2/c1-2-6-16(7-3-1)12-21-9-11-23-19-15-20(14-18(19)21)13-17-8-4-5-10-22-17/h1-3,6-7,17-19H,4-5,8-15H2. The lowest BCUT2D eigenvalue weighted by atomic mass is 10.1. The van der Waals surface area contributed by atoms with Gasteiger partial charge in [0.1, 0.15) is 0 Å². The number of hydrogen-bond donors (Lipinski definition) is 0. The second-order valence-corrected chi connectivity index (χ2v) is 7.14. The molecule has 126 valence electrons. The van der Waals surface area contributed by atoms with E-state index in [1.807, 2.05) is 0 Å². The molecule has 4 heteroatoms. The van der Waals surface area contributed by atoms with Crippen molar-refractivity contribution in [2.24, 2.45) is 0 Å². The largest absolute Gasteiger partial charge is 0.377 e. The predicted octanol–water partition coefficient (Wildman–Crippen LogP) is 2.14. The quantitative estimate of drug-likeness (QED) is 0.850. The molecule has 3 fully saturated rings. The average molecular weight is 316 g/mol. The molecule has 0 amide bonds. The molecular formula is C19H28N2O2. The normalized spacial score (nSPS) is 32.8. The van der Waals surface area contributed by atoms with Gasteiger partial charge in [0.2, 0.25) is 0 Å². The van der Waals surface area contributed by atoms with E-state index >= 15 is 0 Å². The topological polar surface area (TPSA) is 24.9 Å². The maximum atomic E-state index is 6.07. The van der Waals surface area contributed by atoms with Crippen LogP contribution < -0.4 is 0 Å². The van der Waals surface area contributed by atoms with Gasteiger partial charge in [-0.05, 0) is 24.8 Å². The molecule has 3 saturated heterocycles. The molecule has 0 spiro atoms. The summed E-state index contributed by atoms with van der Waals surface area (Å²) in [5, 5.41) is 0. The summed E-state index contributed by atoms with van der Waals surface area (Å²) in [6, 6.07) is 11.4. The first-order chi connectivity index (χ1) is 11.4. The number of fused-ring (bicyclic) bond motifs is 1. The van der Waals surface area contributed by atoms with E-state index in [1.165, 1.54) is 24.8 Å². The molecule has 1 aromatic rings. The van der Waals surface area contributed by atoms with Crippen molar-refractivity contribution < 1.29 is 9.47 Å². The third-order valence-electron chi connectivity index (χ3n) is 5.46. The van der Waals surface area contributed by atoms with Gasteiger partial charge in [0.05, 0.1) is 24.9 Å². The van der Waals surface area contributed by atoms with Crippen LogP contribution in [0.15, 0.2) is 30.3 Å². The van der Waals surface area contributed by atoms with Crippen LogP contribution in [0, 0.1) is 0 Å². The van der Waals surface area contributed by atoms with Crippen molar-refractivity contribution in [3.05, 3.63) is 35.9 Å². The summed E-state index contributed by atoms with van der Waals surface area (Å²) in [4.78, 5) is 5.18. The molecule has 0 aromatic heterocycles. The second kappa shape index (κ2) is 7.31. The number of benzene rings is 1. The highest BCUT2D eigenvalue weighted by molar-refractivity contribution is 5.15. The van der Waals surface area contributed by atoms with E-state index in [0.29, 0.717) is 18.2 Å². The number of rotatable bonds is 4. The van der Waals surface area contributed by atoms with E-state index in [1.54, 1.807) is 0 Å². The Kier molecular flexibility index (Phi) is 4.95. The van der Waals surface area contributed by atoms with Gasteiger partial charge < -0.3 is 9.47 Å². The number of nitrogens with zero attached hydrogens (tertiary/aromatic N) is 2.